The topological polar surface area (TPSA) is 41.5 Å². The number of aliphatic hydroxyl groups is 1. The minimum atomic E-state index is -0.416. The molecule has 0 radical (unpaired) electrons. The van der Waals surface area contributed by atoms with E-state index in [0.29, 0.717) is 5.92 Å². The molecule has 0 bridgehead atoms. The first-order valence-electron chi connectivity index (χ1n) is 5.32. The average Bonchev–Trinajstić information content (AvgIpc) is 2.20. The van der Waals surface area contributed by atoms with E-state index in [2.05, 4.69) is 5.32 Å². The monoisotopic (exact) mass is 185 g/mol. The van der Waals surface area contributed by atoms with Crippen molar-refractivity contribution in [2.75, 3.05) is 26.3 Å². The van der Waals surface area contributed by atoms with Crippen LogP contribution < -0.4 is 5.32 Å². The number of rotatable bonds is 1. The van der Waals surface area contributed by atoms with E-state index in [0.717, 1.165) is 52.0 Å². The number of hydrogen-bond donors (Lipinski definition) is 2. The average molecular weight is 185 g/mol. The predicted molar refractivity (Wildman–Crippen MR) is 50.6 cm³/mol. The highest BCUT2D eigenvalue weighted by Gasteiger charge is 2.38. The van der Waals surface area contributed by atoms with Gasteiger partial charge in [0.25, 0.3) is 0 Å². The molecule has 2 aliphatic heterocycles. The summed E-state index contributed by atoms with van der Waals surface area (Å²) in [6, 6.07) is 0. The molecule has 0 aliphatic carbocycles. The van der Waals surface area contributed by atoms with Crippen LogP contribution in [0.5, 0.6) is 0 Å². The van der Waals surface area contributed by atoms with Crippen LogP contribution >= 0.6 is 0 Å². The quantitative estimate of drug-likeness (QED) is 0.626. The van der Waals surface area contributed by atoms with Gasteiger partial charge in [-0.2, -0.15) is 0 Å². The van der Waals surface area contributed by atoms with Gasteiger partial charge in [-0.15, -0.1) is 0 Å². The van der Waals surface area contributed by atoms with Crippen LogP contribution in [0, 0.1) is 5.92 Å². The Balaban J connectivity index is 1.94. The van der Waals surface area contributed by atoms with E-state index in [1.165, 1.54) is 0 Å². The van der Waals surface area contributed by atoms with Gasteiger partial charge in [0.05, 0.1) is 5.60 Å². The summed E-state index contributed by atoms with van der Waals surface area (Å²) in [5.74, 6) is 0.498. The zero-order valence-corrected chi connectivity index (χ0v) is 8.09. The first-order valence-corrected chi connectivity index (χ1v) is 5.32. The van der Waals surface area contributed by atoms with E-state index in [1.54, 1.807) is 0 Å². The molecule has 2 fully saturated rings. The molecule has 2 aliphatic rings. The van der Waals surface area contributed by atoms with Crippen molar-refractivity contribution in [2.24, 2.45) is 5.92 Å². The van der Waals surface area contributed by atoms with Crippen LogP contribution in [0.25, 0.3) is 0 Å². The van der Waals surface area contributed by atoms with Crippen LogP contribution in [-0.2, 0) is 4.74 Å². The van der Waals surface area contributed by atoms with Crippen molar-refractivity contribution in [1.29, 1.82) is 0 Å². The molecule has 0 unspecified atom stereocenters. The van der Waals surface area contributed by atoms with Gasteiger partial charge in [0.2, 0.25) is 0 Å². The Morgan fingerprint density at radius 2 is 1.77 bits per heavy atom. The molecule has 0 aromatic carbocycles. The molecule has 0 aromatic rings. The summed E-state index contributed by atoms with van der Waals surface area (Å²) in [7, 11) is 0. The van der Waals surface area contributed by atoms with Gasteiger partial charge in [-0.05, 0) is 44.7 Å². The Morgan fingerprint density at radius 3 is 2.38 bits per heavy atom. The van der Waals surface area contributed by atoms with Gasteiger partial charge < -0.3 is 15.2 Å². The number of nitrogens with one attached hydrogen (secondary N) is 1. The number of piperidine rings is 1. The Labute approximate surface area is 79.5 Å². The van der Waals surface area contributed by atoms with Gasteiger partial charge in [0, 0.05) is 13.2 Å². The summed E-state index contributed by atoms with van der Waals surface area (Å²) in [4.78, 5) is 0. The smallest absolute Gasteiger partial charge is 0.0720 e. The molecule has 2 rings (SSSR count). The van der Waals surface area contributed by atoms with Crippen molar-refractivity contribution < 1.29 is 9.84 Å². The second-order valence-electron chi connectivity index (χ2n) is 4.24. The van der Waals surface area contributed by atoms with Crippen molar-refractivity contribution in [3.63, 3.8) is 0 Å². The fourth-order valence-electron chi connectivity index (χ4n) is 2.49. The maximum absolute atomic E-state index is 10.4. The van der Waals surface area contributed by atoms with Crippen molar-refractivity contribution in [1.82, 2.24) is 5.32 Å². The van der Waals surface area contributed by atoms with Gasteiger partial charge in [-0.25, -0.2) is 0 Å². The van der Waals surface area contributed by atoms with Crippen LogP contribution in [0.1, 0.15) is 25.7 Å². The second-order valence-corrected chi connectivity index (χ2v) is 4.24. The first-order chi connectivity index (χ1) is 6.31. The van der Waals surface area contributed by atoms with E-state index in [9.17, 15) is 5.11 Å². The van der Waals surface area contributed by atoms with Gasteiger partial charge >= 0.3 is 0 Å². The summed E-state index contributed by atoms with van der Waals surface area (Å²) in [5, 5.41) is 13.7. The molecular formula is C10H19NO2. The lowest BCUT2D eigenvalue weighted by Crippen LogP contribution is -2.47. The Morgan fingerprint density at radius 1 is 1.15 bits per heavy atom. The molecule has 76 valence electrons. The third-order valence-corrected chi connectivity index (χ3v) is 3.46. The summed E-state index contributed by atoms with van der Waals surface area (Å²) in [6.45, 7) is 3.60. The summed E-state index contributed by atoms with van der Waals surface area (Å²) < 4.78 is 5.28. The molecule has 2 saturated heterocycles. The highest BCUT2D eigenvalue weighted by atomic mass is 16.5. The minimum absolute atomic E-state index is 0.416. The molecule has 0 spiro atoms. The van der Waals surface area contributed by atoms with Gasteiger partial charge in [0.1, 0.15) is 0 Å². The highest BCUT2D eigenvalue weighted by Crippen LogP contribution is 2.34. The van der Waals surface area contributed by atoms with Crippen molar-refractivity contribution in [3.05, 3.63) is 0 Å². The van der Waals surface area contributed by atoms with E-state index in [4.69, 9.17) is 4.74 Å². The Hall–Kier alpha value is -0.120. The lowest BCUT2D eigenvalue weighted by molar-refractivity contribution is -0.105. The van der Waals surface area contributed by atoms with Crippen molar-refractivity contribution in [3.8, 4) is 0 Å². The zero-order valence-electron chi connectivity index (χ0n) is 8.09. The third kappa shape index (κ3) is 2.03. The van der Waals surface area contributed by atoms with Gasteiger partial charge in [0.15, 0.2) is 0 Å². The molecule has 2 N–H and O–H groups in total. The minimum Gasteiger partial charge on any atom is -0.389 e. The third-order valence-electron chi connectivity index (χ3n) is 3.46. The maximum atomic E-state index is 10.4. The molecule has 0 amide bonds. The van der Waals surface area contributed by atoms with E-state index in [-0.39, 0.29) is 0 Å². The molecule has 0 aromatic heterocycles. The summed E-state index contributed by atoms with van der Waals surface area (Å²) >= 11 is 0. The van der Waals surface area contributed by atoms with Crippen LogP contribution in [0.2, 0.25) is 0 Å². The normalized spacial score (nSPS) is 30.2. The molecular weight excluding hydrogens is 166 g/mol. The van der Waals surface area contributed by atoms with Crippen LogP contribution in [-0.4, -0.2) is 37.0 Å². The number of hydrogen-bond acceptors (Lipinski definition) is 3. The van der Waals surface area contributed by atoms with Gasteiger partial charge in [-0.3, -0.25) is 0 Å². The first kappa shape index (κ1) is 9.44. The van der Waals surface area contributed by atoms with E-state index >= 15 is 0 Å². The lowest BCUT2D eigenvalue weighted by atomic mass is 9.76. The van der Waals surface area contributed by atoms with Crippen LogP contribution in [0.15, 0.2) is 0 Å². The van der Waals surface area contributed by atoms with Crippen molar-refractivity contribution in [2.45, 2.75) is 31.3 Å². The molecule has 13 heavy (non-hydrogen) atoms. The molecule has 0 atom stereocenters. The highest BCUT2D eigenvalue weighted by molar-refractivity contribution is 4.90. The summed E-state index contributed by atoms with van der Waals surface area (Å²) in [6.07, 6.45) is 3.91. The van der Waals surface area contributed by atoms with Crippen LogP contribution in [0.4, 0.5) is 0 Å². The SMILES string of the molecule is OC1(C2CCNCC2)CCOCC1. The summed E-state index contributed by atoms with van der Waals surface area (Å²) in [5.41, 5.74) is -0.416. The van der Waals surface area contributed by atoms with E-state index < -0.39 is 5.60 Å². The maximum Gasteiger partial charge on any atom is 0.0720 e. The molecule has 3 nitrogen and oxygen atoms in total. The van der Waals surface area contributed by atoms with E-state index in [1.807, 2.05) is 0 Å². The second kappa shape index (κ2) is 3.95. The fourth-order valence-corrected chi connectivity index (χ4v) is 2.49. The van der Waals surface area contributed by atoms with Crippen molar-refractivity contribution >= 4 is 0 Å². The largest absolute Gasteiger partial charge is 0.389 e. The molecule has 3 heteroatoms. The van der Waals surface area contributed by atoms with Crippen LogP contribution in [0.3, 0.4) is 0 Å². The Kier molecular flexibility index (Phi) is 2.86. The zero-order chi connectivity index (χ0) is 9.15. The predicted octanol–water partition coefficient (Wildman–Crippen LogP) is 0.527. The Bertz CT molecular complexity index is 160. The fraction of sp³-hybridized carbons (Fsp3) is 1.00. The lowest BCUT2D eigenvalue weighted by Gasteiger charge is -2.41. The molecule has 2 heterocycles. The van der Waals surface area contributed by atoms with Gasteiger partial charge in [-0.1, -0.05) is 0 Å². The molecule has 0 saturated carbocycles. The standard InChI is InChI=1S/C10H19NO2/c12-10(3-7-13-8-4-10)9-1-5-11-6-2-9/h9,11-12H,1-8H2. The number of ether oxygens (including phenoxy) is 1.